The smallest absolute Gasteiger partial charge is 0.304 e. The first-order chi connectivity index (χ1) is 15.9. The number of carboxylic acids is 1. The number of halogens is 2. The molecule has 2 aromatic carbocycles. The summed E-state index contributed by atoms with van der Waals surface area (Å²) in [6.07, 6.45) is -0.0605. The van der Waals surface area contributed by atoms with Crippen LogP contribution in [0.25, 0.3) is 0 Å². The zero-order valence-corrected chi connectivity index (χ0v) is 21.6. The lowest BCUT2D eigenvalue weighted by Gasteiger charge is -2.52. The zero-order chi connectivity index (χ0) is 25.2. The molecule has 0 spiro atoms. The van der Waals surface area contributed by atoms with E-state index in [2.05, 4.69) is 0 Å². The second kappa shape index (κ2) is 10.8. The summed E-state index contributed by atoms with van der Waals surface area (Å²) in [4.78, 5) is 27.5. The Kier molecular flexibility index (Phi) is 8.45. The SMILES string of the molecule is CC(C)[C@@H](CS(=O)O)N1C(=O)[C@@](C)(CC(=O)O)C[C@H](c2cccc(Cl)c2)C1c1ccc(Cl)cc1. The van der Waals surface area contributed by atoms with E-state index in [0.29, 0.717) is 10.0 Å². The molecule has 1 saturated heterocycles. The van der Waals surface area contributed by atoms with E-state index in [9.17, 15) is 23.5 Å². The van der Waals surface area contributed by atoms with Crippen molar-refractivity contribution in [3.8, 4) is 0 Å². The number of likely N-dealkylation sites (tertiary alicyclic amines) is 1. The molecule has 0 aromatic heterocycles. The number of carbonyl (C=O) groups is 2. The first-order valence-electron chi connectivity index (χ1n) is 11.1. The van der Waals surface area contributed by atoms with E-state index in [-0.39, 0.29) is 36.3 Å². The van der Waals surface area contributed by atoms with E-state index in [4.69, 9.17) is 23.2 Å². The van der Waals surface area contributed by atoms with Crippen molar-refractivity contribution in [1.29, 1.82) is 0 Å². The average molecular weight is 526 g/mol. The average Bonchev–Trinajstić information content (AvgIpc) is 2.74. The molecule has 0 bridgehead atoms. The molecule has 2 N–H and O–H groups in total. The van der Waals surface area contributed by atoms with Crippen LogP contribution >= 0.6 is 23.2 Å². The van der Waals surface area contributed by atoms with Gasteiger partial charge in [0.2, 0.25) is 5.91 Å². The third-order valence-corrected chi connectivity index (χ3v) is 7.69. The van der Waals surface area contributed by atoms with Gasteiger partial charge in [0.25, 0.3) is 0 Å². The Morgan fingerprint density at radius 1 is 1.15 bits per heavy atom. The summed E-state index contributed by atoms with van der Waals surface area (Å²) in [6, 6.07) is 13.4. The van der Waals surface area contributed by atoms with Crippen molar-refractivity contribution in [2.75, 3.05) is 5.75 Å². The van der Waals surface area contributed by atoms with Crippen molar-refractivity contribution in [1.82, 2.24) is 4.90 Å². The highest BCUT2D eigenvalue weighted by atomic mass is 35.5. The largest absolute Gasteiger partial charge is 0.481 e. The molecule has 1 aliphatic rings. The van der Waals surface area contributed by atoms with Crippen LogP contribution in [0.15, 0.2) is 48.5 Å². The molecule has 1 heterocycles. The molecule has 0 saturated carbocycles. The Labute approximate surface area is 212 Å². The topological polar surface area (TPSA) is 94.9 Å². The minimum absolute atomic E-state index is 0.140. The third kappa shape index (κ3) is 5.82. The maximum Gasteiger partial charge on any atom is 0.304 e. The van der Waals surface area contributed by atoms with Crippen molar-refractivity contribution in [3.63, 3.8) is 0 Å². The molecule has 0 aliphatic carbocycles. The van der Waals surface area contributed by atoms with E-state index < -0.39 is 34.5 Å². The Hall–Kier alpha value is -1.93. The van der Waals surface area contributed by atoms with Gasteiger partial charge in [-0.15, -0.1) is 0 Å². The van der Waals surface area contributed by atoms with E-state index in [0.717, 1.165) is 11.1 Å². The summed E-state index contributed by atoms with van der Waals surface area (Å²) in [7, 11) is 0. The predicted octanol–water partition coefficient (Wildman–Crippen LogP) is 5.78. The molecule has 6 nitrogen and oxygen atoms in total. The van der Waals surface area contributed by atoms with Crippen molar-refractivity contribution >= 4 is 46.2 Å². The number of hydrogen-bond acceptors (Lipinski definition) is 3. The van der Waals surface area contributed by atoms with Gasteiger partial charge in [-0.1, -0.05) is 68.2 Å². The second-order valence-corrected chi connectivity index (χ2v) is 11.4. The van der Waals surface area contributed by atoms with Crippen LogP contribution < -0.4 is 0 Å². The summed E-state index contributed by atoms with van der Waals surface area (Å²) >= 11 is 10.3. The fourth-order valence-corrected chi connectivity index (χ4v) is 6.15. The van der Waals surface area contributed by atoms with Crippen molar-refractivity contribution in [2.24, 2.45) is 11.3 Å². The van der Waals surface area contributed by atoms with Gasteiger partial charge in [-0.2, -0.15) is 0 Å². The highest BCUT2D eigenvalue weighted by molar-refractivity contribution is 7.79. The Morgan fingerprint density at radius 2 is 1.79 bits per heavy atom. The Bertz CT molecular complexity index is 1080. The van der Waals surface area contributed by atoms with Crippen LogP contribution in [0.1, 0.15) is 56.7 Å². The molecule has 9 heteroatoms. The van der Waals surface area contributed by atoms with Crippen LogP contribution in [0, 0.1) is 11.3 Å². The molecule has 1 fully saturated rings. The van der Waals surface area contributed by atoms with Crippen LogP contribution in [-0.2, 0) is 20.7 Å². The summed E-state index contributed by atoms with van der Waals surface area (Å²) in [5.41, 5.74) is 0.481. The van der Waals surface area contributed by atoms with Gasteiger partial charge in [-0.25, -0.2) is 4.21 Å². The fourth-order valence-electron chi connectivity index (χ4n) is 4.98. The number of rotatable bonds is 8. The monoisotopic (exact) mass is 525 g/mol. The van der Waals surface area contributed by atoms with Crippen molar-refractivity contribution < 1.29 is 23.5 Å². The zero-order valence-electron chi connectivity index (χ0n) is 19.3. The number of aliphatic carboxylic acids is 1. The van der Waals surface area contributed by atoms with E-state index >= 15 is 0 Å². The van der Waals surface area contributed by atoms with Gasteiger partial charge in [0, 0.05) is 22.0 Å². The van der Waals surface area contributed by atoms with Gasteiger partial charge in [-0.3, -0.25) is 9.59 Å². The van der Waals surface area contributed by atoms with Gasteiger partial charge >= 0.3 is 5.97 Å². The summed E-state index contributed by atoms with van der Waals surface area (Å²) in [5, 5.41) is 10.7. The normalized spacial score (nSPS) is 24.8. The lowest BCUT2D eigenvalue weighted by atomic mass is 9.66. The summed E-state index contributed by atoms with van der Waals surface area (Å²) in [6.45, 7) is 5.45. The number of piperidine rings is 1. The number of carbonyl (C=O) groups excluding carboxylic acids is 1. The van der Waals surface area contributed by atoms with E-state index in [1.807, 2.05) is 44.2 Å². The maximum atomic E-state index is 14.0. The fraction of sp³-hybridized carbons (Fsp3) is 0.440. The molecule has 3 rings (SSSR count). The first kappa shape index (κ1) is 26.7. The van der Waals surface area contributed by atoms with Crippen LogP contribution in [0.5, 0.6) is 0 Å². The number of nitrogens with zero attached hydrogens (tertiary/aromatic N) is 1. The number of carboxylic acid groups (broad SMARTS) is 1. The van der Waals surface area contributed by atoms with Crippen LogP contribution in [0.4, 0.5) is 0 Å². The van der Waals surface area contributed by atoms with Crippen LogP contribution in [0.2, 0.25) is 10.0 Å². The van der Waals surface area contributed by atoms with E-state index in [1.165, 1.54) is 0 Å². The third-order valence-electron chi connectivity index (χ3n) is 6.57. The number of amides is 1. The lowest BCUT2D eigenvalue weighted by molar-refractivity contribution is -0.161. The minimum atomic E-state index is -2.16. The van der Waals surface area contributed by atoms with Crippen LogP contribution in [0.3, 0.4) is 0 Å². The highest BCUT2D eigenvalue weighted by Gasteiger charge is 2.53. The van der Waals surface area contributed by atoms with Crippen molar-refractivity contribution in [2.45, 2.75) is 51.6 Å². The molecular weight excluding hydrogens is 497 g/mol. The molecule has 1 amide bonds. The maximum absolute atomic E-state index is 14.0. The second-order valence-electron chi connectivity index (χ2n) is 9.51. The number of hydrogen-bond donors (Lipinski definition) is 2. The molecule has 2 unspecified atom stereocenters. The molecule has 34 heavy (non-hydrogen) atoms. The lowest BCUT2D eigenvalue weighted by Crippen LogP contribution is -2.58. The quantitative estimate of drug-likeness (QED) is 0.426. The molecule has 2 aromatic rings. The van der Waals surface area contributed by atoms with Gasteiger partial charge in [0.15, 0.2) is 11.1 Å². The Morgan fingerprint density at radius 3 is 2.32 bits per heavy atom. The molecule has 184 valence electrons. The van der Waals surface area contributed by atoms with Gasteiger partial charge in [0.05, 0.1) is 23.6 Å². The van der Waals surface area contributed by atoms with E-state index in [1.54, 1.807) is 30.0 Å². The molecular formula is C25H29Cl2NO5S. The predicted molar refractivity (Wildman–Crippen MR) is 134 cm³/mol. The first-order valence-corrected chi connectivity index (χ1v) is 13.1. The summed E-state index contributed by atoms with van der Waals surface area (Å²) in [5.74, 6) is -1.99. The molecule has 1 aliphatic heterocycles. The van der Waals surface area contributed by atoms with Gasteiger partial charge in [0.1, 0.15) is 0 Å². The standard InChI is InChI=1S/C25H29Cl2NO5S/c1-15(2)21(14-34(32)33)28-23(16-7-9-18(26)10-8-16)20(17-5-4-6-19(27)11-17)12-25(3,24(28)31)13-22(29)30/h4-11,15,20-21,23H,12-14H2,1-3H3,(H,29,30)(H,32,33)/t20-,21-,23?,25-/m1/s1. The van der Waals surface area contributed by atoms with Crippen molar-refractivity contribution in [3.05, 3.63) is 69.7 Å². The minimum Gasteiger partial charge on any atom is -0.481 e. The highest BCUT2D eigenvalue weighted by Crippen LogP contribution is 2.52. The van der Waals surface area contributed by atoms with Gasteiger partial charge in [-0.05, 0) is 47.7 Å². The Balaban J connectivity index is 2.27. The molecule has 5 atom stereocenters. The van der Waals surface area contributed by atoms with Gasteiger partial charge < -0.3 is 14.6 Å². The van der Waals surface area contributed by atoms with Crippen LogP contribution in [-0.4, -0.2) is 42.4 Å². The number of benzene rings is 2. The summed E-state index contributed by atoms with van der Waals surface area (Å²) < 4.78 is 21.7. The molecule has 0 radical (unpaired) electrons.